The number of anilines is 1. The summed E-state index contributed by atoms with van der Waals surface area (Å²) in [5.41, 5.74) is 5.54. The van der Waals surface area contributed by atoms with Crippen LogP contribution < -0.4 is 5.32 Å². The molecule has 2 N–H and O–H groups in total. The number of benzene rings is 1. The molecular weight excluding hydrogens is 262 g/mol. The van der Waals surface area contributed by atoms with Gasteiger partial charge in [0.1, 0.15) is 5.65 Å². The first-order chi connectivity index (χ1) is 10.3. The Morgan fingerprint density at radius 1 is 1.24 bits per heavy atom. The van der Waals surface area contributed by atoms with Gasteiger partial charge in [0.05, 0.1) is 18.5 Å². The van der Waals surface area contributed by atoms with Crippen LogP contribution in [-0.4, -0.2) is 17.1 Å². The van der Waals surface area contributed by atoms with Gasteiger partial charge in [0, 0.05) is 24.7 Å². The molecule has 2 aromatic heterocycles. The standard InChI is InChI=1S/C17H19N3O/c1-12-5-3-4-6-13(12)9-18-15-7-14-8-16(11-21-2)20-17(14)19-10-15/h3-8,10,18H,9,11H2,1-2H3,(H,19,20). The maximum atomic E-state index is 5.13. The summed E-state index contributed by atoms with van der Waals surface area (Å²) in [4.78, 5) is 7.69. The van der Waals surface area contributed by atoms with Gasteiger partial charge in [-0.15, -0.1) is 0 Å². The Hall–Kier alpha value is -2.33. The average molecular weight is 281 g/mol. The molecule has 4 nitrogen and oxygen atoms in total. The van der Waals surface area contributed by atoms with E-state index < -0.39 is 0 Å². The first kappa shape index (κ1) is 13.6. The number of H-pyrrole nitrogens is 1. The number of aromatic amines is 1. The minimum Gasteiger partial charge on any atom is -0.380 e. The van der Waals surface area contributed by atoms with E-state index in [0.717, 1.165) is 29.0 Å². The second kappa shape index (κ2) is 5.97. The minimum atomic E-state index is 0.572. The van der Waals surface area contributed by atoms with Crippen LogP contribution in [0.2, 0.25) is 0 Å². The Balaban J connectivity index is 1.76. The molecule has 2 heterocycles. The van der Waals surface area contributed by atoms with Crippen molar-refractivity contribution < 1.29 is 4.74 Å². The lowest BCUT2D eigenvalue weighted by molar-refractivity contribution is 0.182. The number of ether oxygens (including phenoxy) is 1. The predicted molar refractivity (Wildman–Crippen MR) is 85.3 cm³/mol. The maximum absolute atomic E-state index is 5.13. The zero-order valence-corrected chi connectivity index (χ0v) is 12.3. The van der Waals surface area contributed by atoms with Crippen LogP contribution in [0.1, 0.15) is 16.8 Å². The lowest BCUT2D eigenvalue weighted by Gasteiger charge is -2.08. The van der Waals surface area contributed by atoms with Crippen molar-refractivity contribution in [2.45, 2.75) is 20.1 Å². The van der Waals surface area contributed by atoms with Gasteiger partial charge in [-0.1, -0.05) is 24.3 Å². The van der Waals surface area contributed by atoms with Crippen LogP contribution >= 0.6 is 0 Å². The van der Waals surface area contributed by atoms with Crippen LogP contribution in [0.5, 0.6) is 0 Å². The highest BCUT2D eigenvalue weighted by Gasteiger charge is 2.03. The fourth-order valence-corrected chi connectivity index (χ4v) is 2.41. The van der Waals surface area contributed by atoms with E-state index in [4.69, 9.17) is 4.74 Å². The topological polar surface area (TPSA) is 49.9 Å². The molecule has 0 saturated heterocycles. The smallest absolute Gasteiger partial charge is 0.137 e. The molecule has 0 atom stereocenters. The molecule has 21 heavy (non-hydrogen) atoms. The molecule has 0 aliphatic carbocycles. The zero-order valence-electron chi connectivity index (χ0n) is 12.3. The Kier molecular flexibility index (Phi) is 3.88. The van der Waals surface area contributed by atoms with Gasteiger partial charge in [-0.25, -0.2) is 4.98 Å². The SMILES string of the molecule is COCc1cc2cc(NCc3ccccc3C)cnc2[nH]1. The molecule has 1 aromatic carbocycles. The molecule has 0 bridgehead atoms. The fraction of sp³-hybridized carbons (Fsp3) is 0.235. The third-order valence-electron chi connectivity index (χ3n) is 3.57. The molecule has 0 amide bonds. The van der Waals surface area contributed by atoms with E-state index in [2.05, 4.69) is 58.6 Å². The van der Waals surface area contributed by atoms with Gasteiger partial charge in [0.15, 0.2) is 0 Å². The van der Waals surface area contributed by atoms with Gasteiger partial charge in [-0.3, -0.25) is 0 Å². The number of fused-ring (bicyclic) bond motifs is 1. The van der Waals surface area contributed by atoms with Crippen LogP contribution in [0.25, 0.3) is 11.0 Å². The van der Waals surface area contributed by atoms with Gasteiger partial charge in [0.2, 0.25) is 0 Å². The number of aryl methyl sites for hydroxylation is 1. The first-order valence-electron chi connectivity index (χ1n) is 7.01. The molecule has 0 unspecified atom stereocenters. The van der Waals surface area contributed by atoms with Crippen molar-refractivity contribution in [1.82, 2.24) is 9.97 Å². The third kappa shape index (κ3) is 3.06. The molecule has 0 aliphatic heterocycles. The van der Waals surface area contributed by atoms with E-state index >= 15 is 0 Å². The molecule has 0 fully saturated rings. The van der Waals surface area contributed by atoms with E-state index in [9.17, 15) is 0 Å². The van der Waals surface area contributed by atoms with Crippen molar-refractivity contribution in [1.29, 1.82) is 0 Å². The quantitative estimate of drug-likeness (QED) is 0.751. The highest BCUT2D eigenvalue weighted by atomic mass is 16.5. The summed E-state index contributed by atoms with van der Waals surface area (Å²) in [5, 5.41) is 4.52. The average Bonchev–Trinajstić information content (AvgIpc) is 2.88. The van der Waals surface area contributed by atoms with Gasteiger partial charge in [-0.2, -0.15) is 0 Å². The summed E-state index contributed by atoms with van der Waals surface area (Å²) < 4.78 is 5.13. The van der Waals surface area contributed by atoms with Gasteiger partial charge >= 0.3 is 0 Å². The Bertz CT molecular complexity index is 749. The van der Waals surface area contributed by atoms with Crippen LogP contribution in [0.15, 0.2) is 42.6 Å². The van der Waals surface area contributed by atoms with Crippen molar-refractivity contribution in [2.24, 2.45) is 0 Å². The summed E-state index contributed by atoms with van der Waals surface area (Å²) in [7, 11) is 1.69. The Morgan fingerprint density at radius 3 is 2.90 bits per heavy atom. The molecule has 108 valence electrons. The Labute approximate surface area is 124 Å². The van der Waals surface area contributed by atoms with Crippen LogP contribution in [0.4, 0.5) is 5.69 Å². The molecule has 3 aromatic rings. The van der Waals surface area contributed by atoms with Crippen molar-refractivity contribution >= 4 is 16.7 Å². The summed E-state index contributed by atoms with van der Waals surface area (Å²) in [5.74, 6) is 0. The number of nitrogens with one attached hydrogen (secondary N) is 2. The number of rotatable bonds is 5. The van der Waals surface area contributed by atoms with E-state index in [-0.39, 0.29) is 0 Å². The maximum Gasteiger partial charge on any atom is 0.137 e. The first-order valence-corrected chi connectivity index (χ1v) is 7.01. The second-order valence-electron chi connectivity index (χ2n) is 5.17. The van der Waals surface area contributed by atoms with Crippen LogP contribution in [0.3, 0.4) is 0 Å². The fourth-order valence-electron chi connectivity index (χ4n) is 2.41. The van der Waals surface area contributed by atoms with E-state index in [1.807, 2.05) is 6.20 Å². The Morgan fingerprint density at radius 2 is 2.10 bits per heavy atom. The largest absolute Gasteiger partial charge is 0.380 e. The van der Waals surface area contributed by atoms with E-state index in [1.54, 1.807) is 7.11 Å². The molecular formula is C17H19N3O. The van der Waals surface area contributed by atoms with Crippen molar-refractivity contribution in [3.05, 3.63) is 59.4 Å². The zero-order chi connectivity index (χ0) is 14.7. The number of pyridine rings is 1. The molecule has 0 radical (unpaired) electrons. The van der Waals surface area contributed by atoms with Crippen LogP contribution in [0, 0.1) is 6.92 Å². The number of aromatic nitrogens is 2. The van der Waals surface area contributed by atoms with Crippen molar-refractivity contribution in [3.63, 3.8) is 0 Å². The van der Waals surface area contributed by atoms with E-state index in [1.165, 1.54) is 11.1 Å². The summed E-state index contributed by atoms with van der Waals surface area (Å²) in [6.07, 6.45) is 1.85. The lowest BCUT2D eigenvalue weighted by Crippen LogP contribution is -2.01. The summed E-state index contributed by atoms with van der Waals surface area (Å²) >= 11 is 0. The number of hydrogen-bond acceptors (Lipinski definition) is 3. The number of methoxy groups -OCH3 is 1. The number of nitrogens with zero attached hydrogens (tertiary/aromatic N) is 1. The summed E-state index contributed by atoms with van der Waals surface area (Å²) in [6.45, 7) is 3.50. The monoisotopic (exact) mass is 281 g/mol. The van der Waals surface area contributed by atoms with E-state index in [0.29, 0.717) is 6.61 Å². The highest BCUT2D eigenvalue weighted by Crippen LogP contribution is 2.19. The summed E-state index contributed by atoms with van der Waals surface area (Å²) in [6, 6.07) is 12.6. The normalized spacial score (nSPS) is 11.0. The van der Waals surface area contributed by atoms with Gasteiger partial charge < -0.3 is 15.0 Å². The highest BCUT2D eigenvalue weighted by molar-refractivity contribution is 5.79. The van der Waals surface area contributed by atoms with Crippen molar-refractivity contribution in [2.75, 3.05) is 12.4 Å². The number of hydrogen-bond donors (Lipinski definition) is 2. The molecule has 3 rings (SSSR count). The predicted octanol–water partition coefficient (Wildman–Crippen LogP) is 3.63. The van der Waals surface area contributed by atoms with Crippen molar-refractivity contribution in [3.8, 4) is 0 Å². The molecule has 0 saturated carbocycles. The molecule has 0 aliphatic rings. The van der Waals surface area contributed by atoms with Gasteiger partial charge in [0.25, 0.3) is 0 Å². The molecule has 4 heteroatoms. The lowest BCUT2D eigenvalue weighted by atomic mass is 10.1. The van der Waals surface area contributed by atoms with Crippen LogP contribution in [-0.2, 0) is 17.9 Å². The second-order valence-corrected chi connectivity index (χ2v) is 5.17. The minimum absolute atomic E-state index is 0.572. The van der Waals surface area contributed by atoms with Gasteiger partial charge in [-0.05, 0) is 30.2 Å². The third-order valence-corrected chi connectivity index (χ3v) is 3.57. The molecule has 0 spiro atoms.